The number of anilines is 3. The van der Waals surface area contributed by atoms with E-state index in [1.165, 1.54) is 13.2 Å². The molecule has 2 aromatic rings. The Bertz CT molecular complexity index is 547. The fourth-order valence-electron chi connectivity index (χ4n) is 1.43. The van der Waals surface area contributed by atoms with Crippen LogP contribution in [0.2, 0.25) is 0 Å². The van der Waals surface area contributed by atoms with Crippen molar-refractivity contribution in [2.75, 3.05) is 24.8 Å². The van der Waals surface area contributed by atoms with E-state index >= 15 is 0 Å². The van der Waals surface area contributed by atoms with Gasteiger partial charge in [-0.25, -0.2) is 9.37 Å². The van der Waals surface area contributed by atoms with Crippen LogP contribution in [-0.4, -0.2) is 24.1 Å². The second kappa shape index (κ2) is 5.31. The molecule has 94 valence electrons. The highest BCUT2D eigenvalue weighted by atomic mass is 19.1. The lowest BCUT2D eigenvalue weighted by Gasteiger charge is -2.08. The molecule has 6 heteroatoms. The lowest BCUT2D eigenvalue weighted by molar-refractivity contribution is 0.387. The fraction of sp³-hybridized carbons (Fsp3) is 0.167. The maximum Gasteiger partial charge on any atom is 0.165 e. The molecule has 0 spiro atoms. The lowest BCUT2D eigenvalue weighted by atomic mass is 10.3. The van der Waals surface area contributed by atoms with Gasteiger partial charge in [0.15, 0.2) is 17.4 Å². The largest absolute Gasteiger partial charge is 0.494 e. The zero-order chi connectivity index (χ0) is 13.0. The first-order valence-corrected chi connectivity index (χ1v) is 5.33. The second-order valence-electron chi connectivity index (χ2n) is 3.51. The molecule has 2 N–H and O–H groups in total. The first-order chi connectivity index (χ1) is 8.72. The molecule has 0 saturated carbocycles. The van der Waals surface area contributed by atoms with Crippen LogP contribution < -0.4 is 15.4 Å². The van der Waals surface area contributed by atoms with Gasteiger partial charge in [0.1, 0.15) is 5.82 Å². The van der Waals surface area contributed by atoms with Crippen LogP contribution in [0.4, 0.5) is 21.7 Å². The first kappa shape index (κ1) is 12.1. The first-order valence-electron chi connectivity index (χ1n) is 5.33. The van der Waals surface area contributed by atoms with E-state index in [2.05, 4.69) is 20.6 Å². The smallest absolute Gasteiger partial charge is 0.165 e. The minimum Gasteiger partial charge on any atom is -0.494 e. The van der Waals surface area contributed by atoms with Crippen LogP contribution in [0.5, 0.6) is 5.75 Å². The van der Waals surface area contributed by atoms with Crippen molar-refractivity contribution in [3.05, 3.63) is 36.4 Å². The summed E-state index contributed by atoms with van der Waals surface area (Å²) in [4.78, 5) is 8.26. The van der Waals surface area contributed by atoms with Crippen LogP contribution in [-0.2, 0) is 0 Å². The topological polar surface area (TPSA) is 59.1 Å². The van der Waals surface area contributed by atoms with E-state index in [0.717, 1.165) is 0 Å². The van der Waals surface area contributed by atoms with E-state index in [1.807, 2.05) is 0 Å². The van der Waals surface area contributed by atoms with Crippen molar-refractivity contribution in [1.82, 2.24) is 9.97 Å². The molecule has 0 bridgehead atoms. The van der Waals surface area contributed by atoms with Gasteiger partial charge in [-0.2, -0.15) is 0 Å². The fourth-order valence-corrected chi connectivity index (χ4v) is 1.43. The van der Waals surface area contributed by atoms with Gasteiger partial charge in [0.25, 0.3) is 0 Å². The quantitative estimate of drug-likeness (QED) is 0.870. The number of methoxy groups -OCH3 is 1. The van der Waals surface area contributed by atoms with E-state index in [4.69, 9.17) is 4.74 Å². The van der Waals surface area contributed by atoms with Gasteiger partial charge in [-0.15, -0.1) is 0 Å². The highest BCUT2D eigenvalue weighted by molar-refractivity contribution is 5.58. The number of ether oxygens (including phenoxy) is 1. The molecule has 0 saturated heterocycles. The average Bonchev–Trinajstić information content (AvgIpc) is 2.41. The summed E-state index contributed by atoms with van der Waals surface area (Å²) >= 11 is 0. The standard InChI is InChI=1S/C12H13FN4O/c1-14-11-6-15-7-12(17-11)16-8-3-4-9(13)10(5-8)18-2/h3-7H,1-2H3,(H2,14,16,17). The van der Waals surface area contributed by atoms with Gasteiger partial charge in [0, 0.05) is 18.8 Å². The summed E-state index contributed by atoms with van der Waals surface area (Å²) in [5.41, 5.74) is 0.677. The molecule has 0 unspecified atom stereocenters. The summed E-state index contributed by atoms with van der Waals surface area (Å²) in [5, 5.41) is 5.91. The van der Waals surface area contributed by atoms with Crippen molar-refractivity contribution >= 4 is 17.3 Å². The van der Waals surface area contributed by atoms with Gasteiger partial charge in [0.2, 0.25) is 0 Å². The summed E-state index contributed by atoms with van der Waals surface area (Å²) < 4.78 is 18.1. The molecule has 5 nitrogen and oxygen atoms in total. The number of aromatic nitrogens is 2. The van der Waals surface area contributed by atoms with Crippen LogP contribution >= 0.6 is 0 Å². The van der Waals surface area contributed by atoms with Crippen molar-refractivity contribution < 1.29 is 9.13 Å². The summed E-state index contributed by atoms with van der Waals surface area (Å²) in [5.74, 6) is 0.987. The Labute approximate surface area is 104 Å². The zero-order valence-corrected chi connectivity index (χ0v) is 10.1. The third kappa shape index (κ3) is 2.65. The number of rotatable bonds is 4. The predicted octanol–water partition coefficient (Wildman–Crippen LogP) is 2.41. The Morgan fingerprint density at radius 2 is 2.00 bits per heavy atom. The van der Waals surface area contributed by atoms with Gasteiger partial charge in [-0.05, 0) is 12.1 Å². The van der Waals surface area contributed by atoms with Crippen molar-refractivity contribution in [1.29, 1.82) is 0 Å². The molecule has 0 fully saturated rings. The molecule has 1 aromatic heterocycles. The molecule has 18 heavy (non-hydrogen) atoms. The second-order valence-corrected chi connectivity index (χ2v) is 3.51. The Hall–Kier alpha value is -2.37. The number of benzene rings is 1. The van der Waals surface area contributed by atoms with Crippen LogP contribution in [0.1, 0.15) is 0 Å². The Morgan fingerprint density at radius 3 is 2.72 bits per heavy atom. The Balaban J connectivity index is 2.22. The SMILES string of the molecule is CNc1cncc(Nc2ccc(F)c(OC)c2)n1. The highest BCUT2D eigenvalue weighted by Crippen LogP contribution is 2.23. The summed E-state index contributed by atoms with van der Waals surface area (Å²) in [6.45, 7) is 0. The zero-order valence-electron chi connectivity index (χ0n) is 10.1. The van der Waals surface area contributed by atoms with Gasteiger partial charge in [0.05, 0.1) is 19.5 Å². The lowest BCUT2D eigenvalue weighted by Crippen LogP contribution is -1.99. The molecule has 0 aliphatic heterocycles. The number of hydrogen-bond donors (Lipinski definition) is 2. The summed E-state index contributed by atoms with van der Waals surface area (Å²) in [6, 6.07) is 4.49. The van der Waals surface area contributed by atoms with Crippen LogP contribution in [0, 0.1) is 5.82 Å². The molecule has 0 aliphatic rings. The molecule has 0 amide bonds. The molecule has 0 radical (unpaired) electrons. The van der Waals surface area contributed by atoms with Crippen molar-refractivity contribution in [3.8, 4) is 5.75 Å². The van der Waals surface area contributed by atoms with Crippen LogP contribution in [0.3, 0.4) is 0 Å². The van der Waals surface area contributed by atoms with Crippen LogP contribution in [0.25, 0.3) is 0 Å². The molecular formula is C12H13FN4O. The number of nitrogens with one attached hydrogen (secondary N) is 2. The average molecular weight is 248 g/mol. The summed E-state index contributed by atoms with van der Waals surface area (Å²) in [7, 11) is 3.18. The predicted molar refractivity (Wildman–Crippen MR) is 67.8 cm³/mol. The van der Waals surface area contributed by atoms with Gasteiger partial charge >= 0.3 is 0 Å². The number of nitrogens with zero attached hydrogens (tertiary/aromatic N) is 2. The van der Waals surface area contributed by atoms with Gasteiger partial charge in [-0.3, -0.25) is 4.98 Å². The molecule has 1 heterocycles. The third-order valence-electron chi connectivity index (χ3n) is 2.31. The van der Waals surface area contributed by atoms with E-state index < -0.39 is 5.82 Å². The molecule has 1 aromatic carbocycles. The molecule has 0 aliphatic carbocycles. The van der Waals surface area contributed by atoms with Crippen molar-refractivity contribution in [2.45, 2.75) is 0 Å². The van der Waals surface area contributed by atoms with E-state index in [0.29, 0.717) is 17.3 Å². The monoisotopic (exact) mass is 248 g/mol. The van der Waals surface area contributed by atoms with Crippen molar-refractivity contribution in [3.63, 3.8) is 0 Å². The minimum atomic E-state index is -0.405. The minimum absolute atomic E-state index is 0.178. The third-order valence-corrected chi connectivity index (χ3v) is 2.31. The van der Waals surface area contributed by atoms with E-state index in [-0.39, 0.29) is 5.75 Å². The number of hydrogen-bond acceptors (Lipinski definition) is 5. The van der Waals surface area contributed by atoms with E-state index in [1.54, 1.807) is 31.6 Å². The molecule has 0 atom stereocenters. The normalized spacial score (nSPS) is 9.94. The summed E-state index contributed by atoms with van der Waals surface area (Å²) in [6.07, 6.45) is 3.19. The van der Waals surface area contributed by atoms with E-state index in [9.17, 15) is 4.39 Å². The maximum absolute atomic E-state index is 13.2. The highest BCUT2D eigenvalue weighted by Gasteiger charge is 2.04. The van der Waals surface area contributed by atoms with Crippen molar-refractivity contribution in [2.24, 2.45) is 0 Å². The Kier molecular flexibility index (Phi) is 3.57. The molecular weight excluding hydrogens is 235 g/mol. The van der Waals surface area contributed by atoms with Gasteiger partial charge in [-0.1, -0.05) is 0 Å². The van der Waals surface area contributed by atoms with Crippen LogP contribution in [0.15, 0.2) is 30.6 Å². The molecule has 2 rings (SSSR count). The number of halogens is 1. The maximum atomic E-state index is 13.2. The van der Waals surface area contributed by atoms with Gasteiger partial charge < -0.3 is 15.4 Å². The Morgan fingerprint density at radius 1 is 1.22 bits per heavy atom.